The summed E-state index contributed by atoms with van der Waals surface area (Å²) in [5.41, 5.74) is 1.80. The Hall–Kier alpha value is -0.570. The van der Waals surface area contributed by atoms with Crippen LogP contribution in [0.4, 0.5) is 0 Å². The first-order valence-electron chi connectivity index (χ1n) is 7.27. The van der Waals surface area contributed by atoms with Crippen LogP contribution in [0.3, 0.4) is 0 Å². The average molecular weight is 281 g/mol. The summed E-state index contributed by atoms with van der Waals surface area (Å²) in [5.74, 6) is 0. The molecule has 0 spiro atoms. The van der Waals surface area contributed by atoms with Crippen LogP contribution in [0.5, 0.6) is 0 Å². The lowest BCUT2D eigenvalue weighted by Crippen LogP contribution is -2.43. The number of hydrogen-bond donors (Lipinski definition) is 1. The maximum atomic E-state index is 6.05. The predicted molar refractivity (Wildman–Crippen MR) is 82.6 cm³/mol. The molecule has 19 heavy (non-hydrogen) atoms. The van der Waals surface area contributed by atoms with E-state index in [9.17, 15) is 0 Å². The number of rotatable bonds is 5. The lowest BCUT2D eigenvalue weighted by Gasteiger charge is -2.40. The molecule has 1 aliphatic heterocycles. The Bertz CT molecular complexity index is 399. The fraction of sp³-hybridized carbons (Fsp3) is 0.625. The maximum Gasteiger partial charge on any atom is 0.0409 e. The van der Waals surface area contributed by atoms with E-state index in [1.165, 1.54) is 44.5 Å². The zero-order valence-electron chi connectivity index (χ0n) is 12.1. The molecule has 3 heteroatoms. The Morgan fingerprint density at radius 3 is 2.68 bits per heavy atom. The highest BCUT2D eigenvalue weighted by Crippen LogP contribution is 2.33. The van der Waals surface area contributed by atoms with Crippen LogP contribution in [0, 0.1) is 5.41 Å². The van der Waals surface area contributed by atoms with Gasteiger partial charge in [0, 0.05) is 18.1 Å². The molecule has 2 rings (SSSR count). The molecule has 0 saturated carbocycles. The van der Waals surface area contributed by atoms with Gasteiger partial charge in [-0.15, -0.1) is 0 Å². The van der Waals surface area contributed by atoms with E-state index in [-0.39, 0.29) is 0 Å². The summed E-state index contributed by atoms with van der Waals surface area (Å²) in [4.78, 5) is 2.44. The molecule has 1 aliphatic rings. The Balaban J connectivity index is 1.94. The summed E-state index contributed by atoms with van der Waals surface area (Å²) >= 11 is 6.05. The van der Waals surface area contributed by atoms with Gasteiger partial charge in [0.15, 0.2) is 0 Å². The van der Waals surface area contributed by atoms with Crippen molar-refractivity contribution in [3.63, 3.8) is 0 Å². The number of nitrogens with zero attached hydrogens (tertiary/aromatic N) is 1. The molecule has 0 amide bonds. The highest BCUT2D eigenvalue weighted by atomic mass is 35.5. The molecule has 0 atom stereocenters. The quantitative estimate of drug-likeness (QED) is 0.887. The normalized spacial score (nSPS) is 18.7. The third-order valence-corrected chi connectivity index (χ3v) is 4.60. The van der Waals surface area contributed by atoms with Crippen LogP contribution >= 0.6 is 11.6 Å². The van der Waals surface area contributed by atoms with Crippen molar-refractivity contribution in [2.75, 3.05) is 26.7 Å². The van der Waals surface area contributed by atoms with Crippen molar-refractivity contribution < 1.29 is 0 Å². The summed E-state index contributed by atoms with van der Waals surface area (Å²) in [7, 11) is 2.22. The van der Waals surface area contributed by atoms with Gasteiger partial charge in [0.25, 0.3) is 0 Å². The standard InChI is InChI=1S/C16H25ClN2/c1-3-16(7-9-18-10-8-16)13-19(2)12-14-5-4-6-15(17)11-14/h4-6,11,18H,3,7-10,12-13H2,1-2H3. The van der Waals surface area contributed by atoms with Crippen molar-refractivity contribution in [3.05, 3.63) is 34.9 Å². The third kappa shape index (κ3) is 4.20. The van der Waals surface area contributed by atoms with E-state index in [2.05, 4.69) is 36.3 Å². The molecule has 1 fully saturated rings. The van der Waals surface area contributed by atoms with Crippen LogP contribution in [-0.2, 0) is 6.54 Å². The number of benzene rings is 1. The first-order valence-corrected chi connectivity index (χ1v) is 7.65. The van der Waals surface area contributed by atoms with E-state index in [4.69, 9.17) is 11.6 Å². The molecule has 2 nitrogen and oxygen atoms in total. The van der Waals surface area contributed by atoms with E-state index in [0.717, 1.165) is 11.6 Å². The monoisotopic (exact) mass is 280 g/mol. The Labute approximate surface area is 122 Å². The van der Waals surface area contributed by atoms with Crippen molar-refractivity contribution in [1.82, 2.24) is 10.2 Å². The second-order valence-electron chi connectivity index (χ2n) is 5.91. The van der Waals surface area contributed by atoms with E-state index in [1.807, 2.05) is 12.1 Å². The molecule has 1 aromatic rings. The second kappa shape index (κ2) is 6.74. The molecule has 1 aromatic carbocycles. The zero-order valence-corrected chi connectivity index (χ0v) is 12.8. The van der Waals surface area contributed by atoms with Crippen molar-refractivity contribution in [2.45, 2.75) is 32.7 Å². The minimum absolute atomic E-state index is 0.499. The fourth-order valence-electron chi connectivity index (χ4n) is 3.16. The van der Waals surface area contributed by atoms with E-state index >= 15 is 0 Å². The first kappa shape index (κ1) is 14.8. The van der Waals surface area contributed by atoms with Gasteiger partial charge < -0.3 is 10.2 Å². The van der Waals surface area contributed by atoms with Crippen molar-refractivity contribution in [2.24, 2.45) is 5.41 Å². The predicted octanol–water partition coefficient (Wildman–Crippen LogP) is 3.55. The number of hydrogen-bond acceptors (Lipinski definition) is 2. The van der Waals surface area contributed by atoms with Crippen LogP contribution in [0.1, 0.15) is 31.7 Å². The summed E-state index contributed by atoms with van der Waals surface area (Å²) < 4.78 is 0. The van der Waals surface area contributed by atoms with Crippen molar-refractivity contribution in [1.29, 1.82) is 0 Å². The highest BCUT2D eigenvalue weighted by molar-refractivity contribution is 6.30. The lowest BCUT2D eigenvalue weighted by molar-refractivity contribution is 0.119. The van der Waals surface area contributed by atoms with Gasteiger partial charge in [0.2, 0.25) is 0 Å². The Kier molecular flexibility index (Phi) is 5.26. The van der Waals surface area contributed by atoms with Crippen molar-refractivity contribution >= 4 is 11.6 Å². The molecular weight excluding hydrogens is 256 g/mol. The number of nitrogens with one attached hydrogen (secondary N) is 1. The molecule has 1 heterocycles. The molecule has 0 radical (unpaired) electrons. The smallest absolute Gasteiger partial charge is 0.0409 e. The molecule has 1 saturated heterocycles. The topological polar surface area (TPSA) is 15.3 Å². The van der Waals surface area contributed by atoms with Gasteiger partial charge >= 0.3 is 0 Å². The summed E-state index contributed by atoms with van der Waals surface area (Å²) in [5, 5.41) is 4.30. The minimum atomic E-state index is 0.499. The zero-order chi connectivity index (χ0) is 13.7. The van der Waals surface area contributed by atoms with Gasteiger partial charge in [-0.25, -0.2) is 0 Å². The highest BCUT2D eigenvalue weighted by Gasteiger charge is 2.31. The molecule has 106 valence electrons. The fourth-order valence-corrected chi connectivity index (χ4v) is 3.37. The van der Waals surface area contributed by atoms with Crippen LogP contribution in [0.2, 0.25) is 5.02 Å². The molecular formula is C16H25ClN2. The number of halogens is 1. The van der Waals surface area contributed by atoms with Gasteiger partial charge in [0.1, 0.15) is 0 Å². The van der Waals surface area contributed by atoms with E-state index in [1.54, 1.807) is 0 Å². The van der Waals surface area contributed by atoms with Crippen LogP contribution < -0.4 is 5.32 Å². The van der Waals surface area contributed by atoms with Crippen LogP contribution in [0.15, 0.2) is 24.3 Å². The van der Waals surface area contributed by atoms with Gasteiger partial charge in [-0.1, -0.05) is 30.7 Å². The molecule has 0 aromatic heterocycles. The molecule has 0 aliphatic carbocycles. The summed E-state index contributed by atoms with van der Waals surface area (Å²) in [6.45, 7) is 6.82. The third-order valence-electron chi connectivity index (χ3n) is 4.36. The SMILES string of the molecule is CCC1(CN(C)Cc2cccc(Cl)c2)CCNCC1. The summed E-state index contributed by atoms with van der Waals surface area (Å²) in [6, 6.07) is 8.19. The number of piperidine rings is 1. The lowest BCUT2D eigenvalue weighted by atomic mass is 9.76. The van der Waals surface area contributed by atoms with Gasteiger partial charge in [0.05, 0.1) is 0 Å². The average Bonchev–Trinajstić information content (AvgIpc) is 2.39. The molecule has 0 bridgehead atoms. The van der Waals surface area contributed by atoms with Gasteiger partial charge in [-0.2, -0.15) is 0 Å². The van der Waals surface area contributed by atoms with Crippen LogP contribution in [-0.4, -0.2) is 31.6 Å². The van der Waals surface area contributed by atoms with Crippen LogP contribution in [0.25, 0.3) is 0 Å². The largest absolute Gasteiger partial charge is 0.317 e. The summed E-state index contributed by atoms with van der Waals surface area (Å²) in [6.07, 6.45) is 3.86. The van der Waals surface area contributed by atoms with Gasteiger partial charge in [-0.05, 0) is 62.5 Å². The second-order valence-corrected chi connectivity index (χ2v) is 6.34. The van der Waals surface area contributed by atoms with Gasteiger partial charge in [-0.3, -0.25) is 0 Å². The molecule has 0 unspecified atom stereocenters. The Morgan fingerprint density at radius 1 is 1.32 bits per heavy atom. The minimum Gasteiger partial charge on any atom is -0.317 e. The van der Waals surface area contributed by atoms with E-state index < -0.39 is 0 Å². The van der Waals surface area contributed by atoms with E-state index in [0.29, 0.717) is 5.41 Å². The molecule has 1 N–H and O–H groups in total. The Morgan fingerprint density at radius 2 is 2.05 bits per heavy atom. The maximum absolute atomic E-state index is 6.05. The first-order chi connectivity index (χ1) is 9.13. The van der Waals surface area contributed by atoms with Crippen molar-refractivity contribution in [3.8, 4) is 0 Å².